The van der Waals surface area contributed by atoms with Crippen molar-refractivity contribution in [2.75, 3.05) is 20.1 Å². The number of likely N-dealkylation sites (N-methyl/N-ethyl adjacent to an activating group) is 1. The summed E-state index contributed by atoms with van der Waals surface area (Å²) in [6.45, 7) is 2.62. The Morgan fingerprint density at radius 3 is 2.55 bits per heavy atom. The number of nitrogens with zero attached hydrogens (tertiary/aromatic N) is 1. The molecule has 4 heteroatoms. The largest absolute Gasteiger partial charge is 0.315 e. The van der Waals surface area contributed by atoms with Crippen molar-refractivity contribution in [3.05, 3.63) is 20.8 Å². The predicted molar refractivity (Wildman–Crippen MR) is 90.6 cm³/mol. The van der Waals surface area contributed by atoms with Crippen molar-refractivity contribution < 1.29 is 0 Å². The lowest BCUT2D eigenvalue weighted by Gasteiger charge is -2.45. The normalized spacial score (nSPS) is 24.3. The van der Waals surface area contributed by atoms with Crippen LogP contribution in [0.25, 0.3) is 0 Å². The Kier molecular flexibility index (Phi) is 4.86. The Bertz CT molecular complexity index is 433. The minimum Gasteiger partial charge on any atom is -0.315 e. The first-order valence-electron chi connectivity index (χ1n) is 7.90. The van der Waals surface area contributed by atoms with Crippen LogP contribution in [-0.4, -0.2) is 36.6 Å². The molecule has 1 atom stereocenters. The minimum absolute atomic E-state index is 0.411. The molecule has 2 fully saturated rings. The highest BCUT2D eigenvalue weighted by Crippen LogP contribution is 2.41. The van der Waals surface area contributed by atoms with Crippen molar-refractivity contribution in [2.24, 2.45) is 0 Å². The summed E-state index contributed by atoms with van der Waals surface area (Å²) < 4.78 is 1.29. The van der Waals surface area contributed by atoms with E-state index in [1.54, 1.807) is 0 Å². The van der Waals surface area contributed by atoms with Crippen LogP contribution in [-0.2, 0) is 6.42 Å². The number of hydrogen-bond donors (Lipinski definition) is 1. The lowest BCUT2D eigenvalue weighted by Crippen LogP contribution is -2.59. The van der Waals surface area contributed by atoms with Gasteiger partial charge in [-0.2, -0.15) is 0 Å². The second-order valence-electron chi connectivity index (χ2n) is 6.24. The van der Waals surface area contributed by atoms with Crippen molar-refractivity contribution in [2.45, 2.75) is 56.5 Å². The zero-order chi connectivity index (χ0) is 14.0. The average Bonchev–Trinajstić information content (AvgIpc) is 3.18. The van der Waals surface area contributed by atoms with Crippen LogP contribution in [0.15, 0.2) is 15.9 Å². The third-order valence-electron chi connectivity index (χ3n) is 5.28. The lowest BCUT2D eigenvalue weighted by atomic mass is 9.84. The van der Waals surface area contributed by atoms with Gasteiger partial charge in [-0.25, -0.2) is 0 Å². The van der Waals surface area contributed by atoms with Crippen molar-refractivity contribution >= 4 is 27.3 Å². The van der Waals surface area contributed by atoms with Crippen molar-refractivity contribution in [1.29, 1.82) is 0 Å². The molecule has 2 heterocycles. The van der Waals surface area contributed by atoms with E-state index in [2.05, 4.69) is 44.6 Å². The van der Waals surface area contributed by atoms with Gasteiger partial charge >= 0.3 is 0 Å². The molecule has 1 aliphatic carbocycles. The summed E-state index contributed by atoms with van der Waals surface area (Å²) in [6, 6.07) is 2.77. The molecule has 1 unspecified atom stereocenters. The van der Waals surface area contributed by atoms with E-state index < -0.39 is 0 Å². The van der Waals surface area contributed by atoms with Crippen molar-refractivity contribution in [3.8, 4) is 0 Å². The minimum atomic E-state index is 0.411. The molecule has 2 aliphatic rings. The van der Waals surface area contributed by atoms with Gasteiger partial charge in [-0.3, -0.25) is 4.90 Å². The fourth-order valence-electron chi connectivity index (χ4n) is 4.25. The maximum atomic E-state index is 3.70. The average molecular weight is 357 g/mol. The molecule has 1 saturated carbocycles. The van der Waals surface area contributed by atoms with Crippen LogP contribution in [0.4, 0.5) is 0 Å². The van der Waals surface area contributed by atoms with E-state index in [-0.39, 0.29) is 0 Å². The van der Waals surface area contributed by atoms with Crippen LogP contribution in [0, 0.1) is 0 Å². The molecule has 0 amide bonds. The van der Waals surface area contributed by atoms with Gasteiger partial charge in [-0.15, -0.1) is 11.3 Å². The maximum Gasteiger partial charge on any atom is 0.0365 e. The van der Waals surface area contributed by atoms with Crippen LogP contribution in [0.2, 0.25) is 0 Å². The summed E-state index contributed by atoms with van der Waals surface area (Å²) in [6.07, 6.45) is 9.50. The van der Waals surface area contributed by atoms with Gasteiger partial charge in [0, 0.05) is 20.9 Å². The number of nitrogens with one attached hydrogen (secondary N) is 1. The SMILES string of the molecule is CNC(Cc1sccc1Br)C1(N2CCCC2)CCCC1. The van der Waals surface area contributed by atoms with E-state index in [1.165, 1.54) is 61.0 Å². The van der Waals surface area contributed by atoms with Gasteiger partial charge in [-0.05, 0) is 79.6 Å². The zero-order valence-corrected chi connectivity index (χ0v) is 14.7. The molecule has 0 spiro atoms. The second kappa shape index (κ2) is 6.47. The molecular weight excluding hydrogens is 332 g/mol. The number of rotatable bonds is 5. The second-order valence-corrected chi connectivity index (χ2v) is 8.10. The van der Waals surface area contributed by atoms with Crippen LogP contribution < -0.4 is 5.32 Å². The molecule has 2 nitrogen and oxygen atoms in total. The molecule has 3 rings (SSSR count). The Morgan fingerprint density at radius 1 is 1.30 bits per heavy atom. The van der Waals surface area contributed by atoms with Crippen LogP contribution in [0.5, 0.6) is 0 Å². The van der Waals surface area contributed by atoms with Crippen LogP contribution in [0.1, 0.15) is 43.4 Å². The number of likely N-dealkylation sites (tertiary alicyclic amines) is 1. The highest BCUT2D eigenvalue weighted by atomic mass is 79.9. The summed E-state index contributed by atoms with van der Waals surface area (Å²) in [5.74, 6) is 0. The van der Waals surface area contributed by atoms with Gasteiger partial charge in [0.15, 0.2) is 0 Å². The summed E-state index contributed by atoms with van der Waals surface area (Å²) in [7, 11) is 2.16. The van der Waals surface area contributed by atoms with E-state index in [4.69, 9.17) is 0 Å². The topological polar surface area (TPSA) is 15.3 Å². The Balaban J connectivity index is 1.82. The summed E-state index contributed by atoms with van der Waals surface area (Å²) in [5, 5.41) is 5.87. The molecule has 112 valence electrons. The van der Waals surface area contributed by atoms with Gasteiger partial charge in [0.05, 0.1) is 0 Å². The highest BCUT2D eigenvalue weighted by molar-refractivity contribution is 9.10. The van der Waals surface area contributed by atoms with Crippen molar-refractivity contribution in [1.82, 2.24) is 10.2 Å². The maximum absolute atomic E-state index is 3.70. The molecule has 0 aromatic carbocycles. The molecule has 0 radical (unpaired) electrons. The lowest BCUT2D eigenvalue weighted by molar-refractivity contribution is 0.0800. The summed E-state index contributed by atoms with van der Waals surface area (Å²) >= 11 is 5.59. The van der Waals surface area contributed by atoms with Gasteiger partial charge in [0.1, 0.15) is 0 Å². The fraction of sp³-hybridized carbons (Fsp3) is 0.750. The Labute approximate surface area is 135 Å². The van der Waals surface area contributed by atoms with Crippen molar-refractivity contribution in [3.63, 3.8) is 0 Å². The monoisotopic (exact) mass is 356 g/mol. The third-order valence-corrected chi connectivity index (χ3v) is 7.23. The first-order chi connectivity index (χ1) is 9.76. The standard InChI is InChI=1S/C16H25BrN2S/c1-18-15(12-14-13(17)6-11-20-14)16(7-2-3-8-16)19-9-4-5-10-19/h6,11,15,18H,2-5,7-10,12H2,1H3. The molecule has 20 heavy (non-hydrogen) atoms. The third kappa shape index (κ3) is 2.72. The fourth-order valence-corrected chi connectivity index (χ4v) is 5.81. The highest BCUT2D eigenvalue weighted by Gasteiger charge is 2.46. The van der Waals surface area contributed by atoms with Gasteiger partial charge in [-0.1, -0.05) is 12.8 Å². The predicted octanol–water partition coefficient (Wildman–Crippen LogP) is 4.05. The van der Waals surface area contributed by atoms with E-state index in [1.807, 2.05) is 11.3 Å². The van der Waals surface area contributed by atoms with Gasteiger partial charge in [0.25, 0.3) is 0 Å². The van der Waals surface area contributed by atoms with Gasteiger partial charge in [0.2, 0.25) is 0 Å². The Morgan fingerprint density at radius 2 is 2.00 bits per heavy atom. The molecule has 1 aromatic heterocycles. The van der Waals surface area contributed by atoms with E-state index in [9.17, 15) is 0 Å². The number of halogens is 1. The molecular formula is C16H25BrN2S. The summed E-state index contributed by atoms with van der Waals surface area (Å²) in [4.78, 5) is 4.30. The molecule has 1 saturated heterocycles. The quantitative estimate of drug-likeness (QED) is 0.855. The van der Waals surface area contributed by atoms with E-state index in [0.29, 0.717) is 11.6 Å². The smallest absolute Gasteiger partial charge is 0.0365 e. The van der Waals surface area contributed by atoms with Crippen LogP contribution >= 0.6 is 27.3 Å². The Hall–Kier alpha value is 0.1000. The molecule has 1 aliphatic heterocycles. The molecule has 1 aromatic rings. The first kappa shape index (κ1) is 15.0. The van der Waals surface area contributed by atoms with E-state index >= 15 is 0 Å². The number of thiophene rings is 1. The molecule has 1 N–H and O–H groups in total. The first-order valence-corrected chi connectivity index (χ1v) is 9.58. The zero-order valence-electron chi connectivity index (χ0n) is 12.3. The van der Waals surface area contributed by atoms with E-state index in [0.717, 1.165) is 6.42 Å². The van der Waals surface area contributed by atoms with Crippen LogP contribution in [0.3, 0.4) is 0 Å². The summed E-state index contributed by atoms with van der Waals surface area (Å²) in [5.41, 5.74) is 0.411. The molecule has 0 bridgehead atoms. The number of hydrogen-bond acceptors (Lipinski definition) is 3. The van der Waals surface area contributed by atoms with Gasteiger partial charge < -0.3 is 5.32 Å².